The molecular weight excluding hydrogens is 322 g/mol. The molecule has 2 N–H and O–H groups in total. The number of rotatable bonds is 5. The molecule has 2 aromatic carbocycles. The molecule has 0 saturated carbocycles. The minimum Gasteiger partial charge on any atom is -0.348 e. The number of nitrogens with one attached hydrogen (secondary N) is 2. The number of carbonyl (C=O) groups is 1. The second-order valence-corrected chi connectivity index (χ2v) is 5.40. The van der Waals surface area contributed by atoms with Crippen molar-refractivity contribution < 1.29 is 9.72 Å². The number of hydrogen-bond donors (Lipinski definition) is 2. The SMILES string of the molecule is Cc1nc(-c2cccc(CNC(=O)c3ccccc3[N+](=O)[O-])c2)n[nH]1. The highest BCUT2D eigenvalue weighted by atomic mass is 16.6. The van der Waals surface area contributed by atoms with Crippen LogP contribution in [0.3, 0.4) is 0 Å². The van der Waals surface area contributed by atoms with Crippen LogP contribution in [0.4, 0.5) is 5.69 Å². The molecule has 1 amide bonds. The van der Waals surface area contributed by atoms with Gasteiger partial charge in [0.05, 0.1) is 4.92 Å². The Kier molecular flexibility index (Phi) is 4.51. The number of nitrogens with zero attached hydrogens (tertiary/aromatic N) is 3. The fraction of sp³-hybridized carbons (Fsp3) is 0.118. The molecule has 0 aliphatic rings. The van der Waals surface area contributed by atoms with E-state index in [1.165, 1.54) is 18.2 Å². The minimum absolute atomic E-state index is 0.0354. The normalized spacial score (nSPS) is 10.4. The van der Waals surface area contributed by atoms with E-state index in [1.54, 1.807) is 6.07 Å². The summed E-state index contributed by atoms with van der Waals surface area (Å²) in [5, 5.41) is 20.6. The van der Waals surface area contributed by atoms with Gasteiger partial charge in [-0.25, -0.2) is 4.98 Å². The number of para-hydroxylation sites is 1. The van der Waals surface area contributed by atoms with Gasteiger partial charge in [0.1, 0.15) is 11.4 Å². The number of nitro groups is 1. The maximum Gasteiger partial charge on any atom is 0.282 e. The first-order valence-corrected chi connectivity index (χ1v) is 7.54. The average molecular weight is 337 g/mol. The Morgan fingerprint density at radius 3 is 2.76 bits per heavy atom. The third-order valence-electron chi connectivity index (χ3n) is 3.58. The number of aromatic amines is 1. The van der Waals surface area contributed by atoms with E-state index < -0.39 is 10.8 Å². The van der Waals surface area contributed by atoms with E-state index in [0.717, 1.165) is 11.1 Å². The van der Waals surface area contributed by atoms with Crippen LogP contribution >= 0.6 is 0 Å². The highest BCUT2D eigenvalue weighted by Gasteiger charge is 2.18. The lowest BCUT2D eigenvalue weighted by Gasteiger charge is -2.07. The van der Waals surface area contributed by atoms with Crippen molar-refractivity contribution in [3.05, 3.63) is 75.6 Å². The zero-order valence-corrected chi connectivity index (χ0v) is 13.4. The average Bonchev–Trinajstić information content (AvgIpc) is 3.06. The number of nitro benzene ring substituents is 1. The lowest BCUT2D eigenvalue weighted by atomic mass is 10.1. The fourth-order valence-electron chi connectivity index (χ4n) is 2.39. The Hall–Kier alpha value is -3.55. The van der Waals surface area contributed by atoms with Gasteiger partial charge in [0.15, 0.2) is 5.82 Å². The summed E-state index contributed by atoms with van der Waals surface area (Å²) >= 11 is 0. The number of amides is 1. The zero-order valence-electron chi connectivity index (χ0n) is 13.4. The van der Waals surface area contributed by atoms with Gasteiger partial charge < -0.3 is 5.32 Å². The van der Waals surface area contributed by atoms with Crippen LogP contribution in [0.5, 0.6) is 0 Å². The molecule has 0 aliphatic heterocycles. The lowest BCUT2D eigenvalue weighted by Crippen LogP contribution is -2.23. The standard InChI is InChI=1S/C17H15N5O3/c1-11-19-16(21-20-11)13-6-4-5-12(9-13)10-18-17(23)14-7-2-3-8-15(14)22(24)25/h2-9H,10H2,1H3,(H,18,23)(H,19,20,21). The van der Waals surface area contributed by atoms with Crippen LogP contribution in [0.1, 0.15) is 21.7 Å². The van der Waals surface area contributed by atoms with Crippen LogP contribution in [-0.2, 0) is 6.54 Å². The third kappa shape index (κ3) is 3.69. The molecule has 0 fully saturated rings. The first kappa shape index (κ1) is 16.3. The summed E-state index contributed by atoms with van der Waals surface area (Å²) in [5.41, 5.74) is 1.48. The summed E-state index contributed by atoms with van der Waals surface area (Å²) in [5.74, 6) is 0.793. The molecule has 25 heavy (non-hydrogen) atoms. The van der Waals surface area contributed by atoms with Crippen LogP contribution in [0.15, 0.2) is 48.5 Å². The second-order valence-electron chi connectivity index (χ2n) is 5.40. The summed E-state index contributed by atoms with van der Waals surface area (Å²) in [6, 6.07) is 13.3. The molecule has 1 aromatic heterocycles. The lowest BCUT2D eigenvalue weighted by molar-refractivity contribution is -0.385. The van der Waals surface area contributed by atoms with Gasteiger partial charge in [0, 0.05) is 18.2 Å². The highest BCUT2D eigenvalue weighted by Crippen LogP contribution is 2.18. The summed E-state index contributed by atoms with van der Waals surface area (Å²) in [7, 11) is 0. The molecule has 126 valence electrons. The van der Waals surface area contributed by atoms with E-state index in [-0.39, 0.29) is 17.8 Å². The third-order valence-corrected chi connectivity index (χ3v) is 3.58. The highest BCUT2D eigenvalue weighted by molar-refractivity contribution is 5.98. The number of carbonyl (C=O) groups excluding carboxylic acids is 1. The summed E-state index contributed by atoms with van der Waals surface area (Å²) < 4.78 is 0. The number of aryl methyl sites for hydroxylation is 1. The molecule has 3 rings (SSSR count). The predicted octanol–water partition coefficient (Wildman–Crippen LogP) is 2.62. The van der Waals surface area contributed by atoms with Gasteiger partial charge in [-0.1, -0.05) is 30.3 Å². The van der Waals surface area contributed by atoms with Gasteiger partial charge in [0.25, 0.3) is 11.6 Å². The topological polar surface area (TPSA) is 114 Å². The molecule has 0 atom stereocenters. The Morgan fingerprint density at radius 1 is 1.24 bits per heavy atom. The fourth-order valence-corrected chi connectivity index (χ4v) is 2.39. The van der Waals surface area contributed by atoms with Crippen molar-refractivity contribution in [1.29, 1.82) is 0 Å². The maximum atomic E-state index is 12.3. The van der Waals surface area contributed by atoms with Crippen LogP contribution in [0.2, 0.25) is 0 Å². The maximum absolute atomic E-state index is 12.3. The van der Waals surface area contributed by atoms with E-state index in [1.807, 2.05) is 31.2 Å². The van der Waals surface area contributed by atoms with Crippen molar-refractivity contribution in [3.8, 4) is 11.4 Å². The smallest absolute Gasteiger partial charge is 0.282 e. The first-order valence-electron chi connectivity index (χ1n) is 7.54. The number of benzene rings is 2. The van der Waals surface area contributed by atoms with Crippen molar-refractivity contribution in [1.82, 2.24) is 20.5 Å². The van der Waals surface area contributed by atoms with Crippen LogP contribution in [0, 0.1) is 17.0 Å². The van der Waals surface area contributed by atoms with Crippen molar-refractivity contribution in [2.24, 2.45) is 0 Å². The minimum atomic E-state index is -0.568. The monoisotopic (exact) mass is 337 g/mol. The summed E-state index contributed by atoms with van der Waals surface area (Å²) in [6.45, 7) is 2.05. The van der Waals surface area contributed by atoms with Crippen molar-refractivity contribution in [2.45, 2.75) is 13.5 Å². The Labute approximate surface area is 143 Å². The van der Waals surface area contributed by atoms with Gasteiger partial charge in [-0.15, -0.1) is 0 Å². The molecule has 0 saturated heterocycles. The quantitative estimate of drug-likeness (QED) is 0.549. The number of hydrogen-bond acceptors (Lipinski definition) is 5. The molecule has 0 bridgehead atoms. The number of H-pyrrole nitrogens is 1. The molecule has 1 heterocycles. The largest absolute Gasteiger partial charge is 0.348 e. The predicted molar refractivity (Wildman–Crippen MR) is 90.8 cm³/mol. The Morgan fingerprint density at radius 2 is 2.04 bits per heavy atom. The molecule has 8 heteroatoms. The Balaban J connectivity index is 1.74. The van der Waals surface area contributed by atoms with Crippen molar-refractivity contribution in [2.75, 3.05) is 0 Å². The molecule has 3 aromatic rings. The van der Waals surface area contributed by atoms with Crippen LogP contribution in [0.25, 0.3) is 11.4 Å². The van der Waals surface area contributed by atoms with E-state index in [0.29, 0.717) is 11.6 Å². The Bertz CT molecular complexity index is 935. The second kappa shape index (κ2) is 6.91. The molecule has 8 nitrogen and oxygen atoms in total. The van der Waals surface area contributed by atoms with Crippen LogP contribution < -0.4 is 5.32 Å². The molecule has 0 aliphatic carbocycles. The van der Waals surface area contributed by atoms with Crippen LogP contribution in [-0.4, -0.2) is 26.0 Å². The molecule has 0 radical (unpaired) electrons. The molecule has 0 unspecified atom stereocenters. The summed E-state index contributed by atoms with van der Waals surface area (Å²) in [4.78, 5) is 27.0. The number of aromatic nitrogens is 3. The van der Waals surface area contributed by atoms with E-state index in [9.17, 15) is 14.9 Å². The van der Waals surface area contributed by atoms with Gasteiger partial charge in [-0.05, 0) is 24.6 Å². The molecule has 0 spiro atoms. The van der Waals surface area contributed by atoms with E-state index >= 15 is 0 Å². The van der Waals surface area contributed by atoms with Gasteiger partial charge in [-0.3, -0.25) is 20.0 Å². The molecular formula is C17H15N5O3. The van der Waals surface area contributed by atoms with Gasteiger partial charge >= 0.3 is 0 Å². The van der Waals surface area contributed by atoms with Crippen molar-refractivity contribution >= 4 is 11.6 Å². The first-order chi connectivity index (χ1) is 12.0. The van der Waals surface area contributed by atoms with E-state index in [2.05, 4.69) is 20.5 Å². The zero-order chi connectivity index (χ0) is 17.8. The van der Waals surface area contributed by atoms with Crippen molar-refractivity contribution in [3.63, 3.8) is 0 Å². The summed E-state index contributed by atoms with van der Waals surface area (Å²) in [6.07, 6.45) is 0. The van der Waals surface area contributed by atoms with Gasteiger partial charge in [-0.2, -0.15) is 5.10 Å². The van der Waals surface area contributed by atoms with Gasteiger partial charge in [0.2, 0.25) is 0 Å². The van der Waals surface area contributed by atoms with E-state index in [4.69, 9.17) is 0 Å².